The summed E-state index contributed by atoms with van der Waals surface area (Å²) in [5.41, 5.74) is 3.94. The summed E-state index contributed by atoms with van der Waals surface area (Å²) in [6, 6.07) is 7.05. The zero-order valence-corrected chi connectivity index (χ0v) is 23.5. The quantitative estimate of drug-likeness (QED) is 0.191. The Morgan fingerprint density at radius 2 is 2.00 bits per heavy atom. The molecule has 2 aromatic heterocycles. The molecule has 1 saturated heterocycles. The van der Waals surface area contributed by atoms with Gasteiger partial charge in [-0.2, -0.15) is 15.1 Å². The Bertz CT molecular complexity index is 1390. The Morgan fingerprint density at radius 3 is 2.65 bits per heavy atom. The predicted molar refractivity (Wildman–Crippen MR) is 143 cm³/mol. The number of imidazole rings is 1. The average Bonchev–Trinajstić information content (AvgIpc) is 3.40. The van der Waals surface area contributed by atoms with Gasteiger partial charge < -0.3 is 30.2 Å². The van der Waals surface area contributed by atoms with E-state index in [1.54, 1.807) is 51.2 Å². The van der Waals surface area contributed by atoms with Crippen LogP contribution in [0.1, 0.15) is 33.9 Å². The van der Waals surface area contributed by atoms with Crippen molar-refractivity contribution in [3.05, 3.63) is 36.7 Å². The van der Waals surface area contributed by atoms with Crippen molar-refractivity contribution in [1.82, 2.24) is 24.6 Å². The second-order valence-electron chi connectivity index (χ2n) is 9.66. The van der Waals surface area contributed by atoms with Crippen LogP contribution in [0, 0.1) is 0 Å². The van der Waals surface area contributed by atoms with E-state index in [1.807, 2.05) is 0 Å². The third-order valence-corrected chi connectivity index (χ3v) is 7.72. The Hall–Kier alpha value is -3.36. The number of aliphatic hydroxyl groups is 1. The normalized spacial score (nSPS) is 25.1. The third kappa shape index (κ3) is 6.18. The molecule has 1 aromatic carbocycles. The van der Waals surface area contributed by atoms with E-state index in [0.29, 0.717) is 11.3 Å². The number of nitrogens with two attached hydrogens (primary N) is 1. The number of aliphatic hydroxyl groups excluding tert-OH is 1. The predicted octanol–water partition coefficient (Wildman–Crippen LogP) is 2.57. The number of alkyl halides is 1. The molecule has 5 N–H and O–H groups in total. The summed E-state index contributed by atoms with van der Waals surface area (Å²) in [4.78, 5) is 24.8. The van der Waals surface area contributed by atoms with Crippen molar-refractivity contribution in [2.45, 2.75) is 63.9 Å². The molecule has 3 heterocycles. The van der Waals surface area contributed by atoms with Crippen LogP contribution in [0.5, 0.6) is 5.75 Å². The highest BCUT2D eigenvalue weighted by Gasteiger charge is 2.56. The molecule has 4 rings (SSSR count). The molecule has 3 aromatic rings. The van der Waals surface area contributed by atoms with E-state index in [-0.39, 0.29) is 17.3 Å². The molecule has 40 heavy (non-hydrogen) atoms. The van der Waals surface area contributed by atoms with E-state index >= 15 is 4.39 Å². The minimum Gasteiger partial charge on any atom is -0.462 e. The molecule has 0 bridgehead atoms. The second kappa shape index (κ2) is 11.6. The lowest BCUT2D eigenvalue weighted by atomic mass is 9.98. The Morgan fingerprint density at radius 1 is 1.30 bits per heavy atom. The second-order valence-corrected chi connectivity index (χ2v) is 11.4. The van der Waals surface area contributed by atoms with Crippen LogP contribution < -0.4 is 20.7 Å². The summed E-state index contributed by atoms with van der Waals surface area (Å²) in [7, 11) is -2.66. The van der Waals surface area contributed by atoms with Gasteiger partial charge >= 0.3 is 13.7 Å². The molecule has 6 atom stereocenters. The molecule has 0 aliphatic carbocycles. The molecule has 1 fully saturated rings. The maximum Gasteiger partial charge on any atom is 0.459 e. The number of ether oxygens (including phenoxy) is 2. The number of carbonyl (C=O) groups is 1. The van der Waals surface area contributed by atoms with Crippen LogP contribution in [0.25, 0.3) is 11.2 Å². The molecule has 1 aliphatic heterocycles. The molecule has 1 aliphatic rings. The Kier molecular flexibility index (Phi) is 8.61. The summed E-state index contributed by atoms with van der Waals surface area (Å²) in [6.45, 7) is 5.37. The van der Waals surface area contributed by atoms with E-state index < -0.39 is 56.6 Å². The van der Waals surface area contributed by atoms with Gasteiger partial charge in [-0.05, 0) is 39.8 Å². The van der Waals surface area contributed by atoms with Gasteiger partial charge in [0.25, 0.3) is 0 Å². The zero-order valence-electron chi connectivity index (χ0n) is 22.6. The maximum absolute atomic E-state index is 16.0. The van der Waals surface area contributed by atoms with Crippen molar-refractivity contribution in [3.63, 3.8) is 0 Å². The summed E-state index contributed by atoms with van der Waals surface area (Å²) < 4.78 is 53.2. The van der Waals surface area contributed by atoms with Gasteiger partial charge in [0.1, 0.15) is 24.0 Å². The standard InChI is InChI=1S/C24H33FN7O7P/c1-13(2)37-21(34)14(3)31-40(35,39-15-9-7-6-8-10-15)36-11-16-18(33)24(4,25)22(38-16)32-12-28-17-19(27-5)29-23(26)30-20(17)32/h6-10,12-14,16,18,22,33H,11H2,1-5H3,(H,31,35)(H3,26,27,29,30)/t14-,16+,18+,22?,24+,40+/m0/s1. The first kappa shape index (κ1) is 29.6. The molecule has 16 heteroatoms. The number of hydrogen-bond acceptors (Lipinski definition) is 12. The van der Waals surface area contributed by atoms with Gasteiger partial charge in [0, 0.05) is 7.05 Å². The molecular formula is C24H33FN7O7P. The van der Waals surface area contributed by atoms with Gasteiger partial charge in [-0.3, -0.25) is 13.9 Å². The van der Waals surface area contributed by atoms with Gasteiger partial charge in [0.05, 0.1) is 19.0 Å². The lowest BCUT2D eigenvalue weighted by Gasteiger charge is -2.25. The fraction of sp³-hybridized carbons (Fsp3) is 0.500. The van der Waals surface area contributed by atoms with Crippen molar-refractivity contribution in [2.24, 2.45) is 0 Å². The van der Waals surface area contributed by atoms with E-state index in [2.05, 4.69) is 25.4 Å². The maximum atomic E-state index is 16.0. The molecule has 0 spiro atoms. The first-order valence-electron chi connectivity index (χ1n) is 12.5. The number of nitrogen functional groups attached to an aromatic ring is 1. The van der Waals surface area contributed by atoms with Crippen LogP contribution >= 0.6 is 7.75 Å². The first-order chi connectivity index (χ1) is 18.8. The third-order valence-electron chi connectivity index (χ3n) is 6.08. The molecule has 0 radical (unpaired) electrons. The van der Waals surface area contributed by atoms with E-state index in [0.717, 1.165) is 6.92 Å². The van der Waals surface area contributed by atoms with Crippen LogP contribution in [-0.2, 0) is 23.4 Å². The highest BCUT2D eigenvalue weighted by atomic mass is 31.2. The molecule has 0 amide bonds. The number of nitrogens with one attached hydrogen (secondary N) is 2. The fourth-order valence-corrected chi connectivity index (χ4v) is 5.64. The fourth-order valence-electron chi connectivity index (χ4n) is 4.14. The lowest BCUT2D eigenvalue weighted by Crippen LogP contribution is -2.41. The molecule has 14 nitrogen and oxygen atoms in total. The minimum atomic E-state index is -4.28. The van der Waals surface area contributed by atoms with Gasteiger partial charge in [-0.1, -0.05) is 18.2 Å². The smallest absolute Gasteiger partial charge is 0.459 e. The number of nitrogens with zero attached hydrogens (tertiary/aromatic N) is 4. The summed E-state index contributed by atoms with van der Waals surface area (Å²) in [5.74, 6) is -0.243. The van der Waals surface area contributed by atoms with E-state index in [1.165, 1.54) is 17.8 Å². The Labute approximate surface area is 230 Å². The molecule has 1 unspecified atom stereocenters. The summed E-state index contributed by atoms with van der Waals surface area (Å²) in [6.07, 6.45) is -3.52. The zero-order chi connectivity index (χ0) is 29.2. The summed E-state index contributed by atoms with van der Waals surface area (Å²) in [5, 5.41) is 16.2. The van der Waals surface area contributed by atoms with Crippen molar-refractivity contribution in [3.8, 4) is 5.75 Å². The SMILES string of the molecule is CNc1nc(N)nc2c1ncn2C1O[C@H](CO[P@](=O)(N[C@@H](C)C(=O)OC(C)C)Oc2ccccc2)[C@@H](O)[C@@]1(C)F. The van der Waals surface area contributed by atoms with Crippen LogP contribution in [0.4, 0.5) is 16.2 Å². The van der Waals surface area contributed by atoms with E-state index in [9.17, 15) is 14.5 Å². The number of anilines is 2. The van der Waals surface area contributed by atoms with Crippen LogP contribution in [0.2, 0.25) is 0 Å². The van der Waals surface area contributed by atoms with Gasteiger partial charge in [0.15, 0.2) is 28.9 Å². The van der Waals surface area contributed by atoms with Crippen LogP contribution in [0.15, 0.2) is 36.7 Å². The van der Waals surface area contributed by atoms with Crippen LogP contribution in [0.3, 0.4) is 0 Å². The number of rotatable bonds is 11. The first-order valence-corrected chi connectivity index (χ1v) is 14.1. The highest BCUT2D eigenvalue weighted by Crippen LogP contribution is 2.48. The number of aromatic nitrogens is 4. The van der Waals surface area contributed by atoms with Crippen LogP contribution in [-0.4, -0.2) is 74.3 Å². The van der Waals surface area contributed by atoms with Gasteiger partial charge in [-0.25, -0.2) is 13.9 Å². The average molecular weight is 582 g/mol. The van der Waals surface area contributed by atoms with Gasteiger partial charge in [0.2, 0.25) is 5.95 Å². The number of esters is 1. The van der Waals surface area contributed by atoms with Crippen molar-refractivity contribution in [1.29, 1.82) is 0 Å². The lowest BCUT2D eigenvalue weighted by molar-refractivity contribution is -0.149. The van der Waals surface area contributed by atoms with Crippen molar-refractivity contribution in [2.75, 3.05) is 24.7 Å². The molecular weight excluding hydrogens is 548 g/mol. The Balaban J connectivity index is 1.56. The topological polar surface area (TPSA) is 185 Å². The number of fused-ring (bicyclic) bond motifs is 1. The monoisotopic (exact) mass is 581 g/mol. The van der Waals surface area contributed by atoms with E-state index in [4.69, 9.17) is 24.3 Å². The molecule has 218 valence electrons. The minimum absolute atomic E-state index is 0.0761. The van der Waals surface area contributed by atoms with Crippen molar-refractivity contribution >= 4 is 36.6 Å². The number of halogens is 1. The van der Waals surface area contributed by atoms with Crippen molar-refractivity contribution < 1.29 is 37.4 Å². The largest absolute Gasteiger partial charge is 0.462 e. The summed E-state index contributed by atoms with van der Waals surface area (Å²) >= 11 is 0. The number of benzene rings is 1. The molecule has 0 saturated carbocycles. The number of hydrogen-bond donors (Lipinski definition) is 4. The number of carbonyl (C=O) groups excluding carboxylic acids is 1. The number of para-hydroxylation sites is 1. The highest BCUT2D eigenvalue weighted by molar-refractivity contribution is 7.52. The van der Waals surface area contributed by atoms with Gasteiger partial charge in [-0.15, -0.1) is 0 Å².